The second kappa shape index (κ2) is 6.84. The van der Waals surface area contributed by atoms with Gasteiger partial charge in [0.1, 0.15) is 5.82 Å². The van der Waals surface area contributed by atoms with Crippen molar-refractivity contribution in [2.75, 3.05) is 6.54 Å². The monoisotopic (exact) mass is 346 g/mol. The third-order valence-electron chi connectivity index (χ3n) is 4.31. The zero-order valence-electron chi connectivity index (χ0n) is 14.1. The number of pyridine rings is 1. The van der Waals surface area contributed by atoms with Crippen molar-refractivity contribution >= 4 is 27.8 Å². The van der Waals surface area contributed by atoms with E-state index in [1.165, 1.54) is 6.07 Å². The van der Waals surface area contributed by atoms with E-state index in [1.54, 1.807) is 6.07 Å². The van der Waals surface area contributed by atoms with Crippen molar-refractivity contribution in [3.63, 3.8) is 0 Å². The number of hydrogen-bond donors (Lipinski definition) is 3. The number of benzene rings is 2. The van der Waals surface area contributed by atoms with Crippen molar-refractivity contribution in [1.82, 2.24) is 20.3 Å². The van der Waals surface area contributed by atoms with Crippen LogP contribution in [0.1, 0.15) is 22.6 Å². The molecule has 0 aliphatic heterocycles. The van der Waals surface area contributed by atoms with Crippen LogP contribution < -0.4 is 10.9 Å². The van der Waals surface area contributed by atoms with Crippen LogP contribution in [0.5, 0.6) is 0 Å². The maximum atomic E-state index is 12.5. The largest absolute Gasteiger partial charge is 0.352 e. The van der Waals surface area contributed by atoms with Gasteiger partial charge in [0.2, 0.25) is 5.56 Å². The summed E-state index contributed by atoms with van der Waals surface area (Å²) in [5.74, 6) is 0.666. The summed E-state index contributed by atoms with van der Waals surface area (Å²) in [6, 6.07) is 16.5. The summed E-state index contributed by atoms with van der Waals surface area (Å²) >= 11 is 0. The summed E-state index contributed by atoms with van der Waals surface area (Å²) in [5.41, 5.74) is 2.74. The number of imidazole rings is 1. The lowest BCUT2D eigenvalue weighted by Crippen LogP contribution is -2.26. The molecule has 0 spiro atoms. The number of nitrogens with zero attached hydrogens (tertiary/aromatic N) is 1. The highest BCUT2D eigenvalue weighted by Gasteiger charge is 2.11. The first kappa shape index (κ1) is 16.1. The quantitative estimate of drug-likeness (QED) is 0.485. The molecule has 2 aromatic carbocycles. The van der Waals surface area contributed by atoms with Crippen LogP contribution in [0.3, 0.4) is 0 Å². The molecule has 2 heterocycles. The summed E-state index contributed by atoms with van der Waals surface area (Å²) in [6.45, 7) is 0.511. The van der Waals surface area contributed by atoms with Gasteiger partial charge in [0.15, 0.2) is 0 Å². The Balaban J connectivity index is 1.40. The Morgan fingerprint density at radius 1 is 1.00 bits per heavy atom. The van der Waals surface area contributed by atoms with Crippen LogP contribution in [0, 0.1) is 0 Å². The Hall–Kier alpha value is -3.41. The molecule has 3 N–H and O–H groups in total. The standard InChI is InChI=1S/C20H18N4O2/c25-19-12-14(13-6-1-2-7-15(13)24-19)20(26)21-11-5-10-18-22-16-8-3-4-9-17(16)23-18/h1-4,6-9,12H,5,10-11H2,(H,21,26)(H,22,23)(H,24,25). The van der Waals surface area contributed by atoms with Gasteiger partial charge in [-0.05, 0) is 24.6 Å². The third-order valence-corrected chi connectivity index (χ3v) is 4.31. The average Bonchev–Trinajstić information content (AvgIpc) is 3.07. The molecule has 6 nitrogen and oxygen atoms in total. The van der Waals surface area contributed by atoms with E-state index in [9.17, 15) is 9.59 Å². The van der Waals surface area contributed by atoms with E-state index in [2.05, 4.69) is 20.3 Å². The molecule has 0 saturated carbocycles. The molecular formula is C20H18N4O2. The Kier molecular flexibility index (Phi) is 4.23. The van der Waals surface area contributed by atoms with Crippen molar-refractivity contribution in [3.05, 3.63) is 76.3 Å². The molecule has 6 heteroatoms. The molecule has 4 rings (SSSR count). The second-order valence-electron chi connectivity index (χ2n) is 6.15. The van der Waals surface area contributed by atoms with Crippen molar-refractivity contribution in [2.45, 2.75) is 12.8 Å². The van der Waals surface area contributed by atoms with Gasteiger partial charge >= 0.3 is 0 Å². The fraction of sp³-hybridized carbons (Fsp3) is 0.150. The molecule has 26 heavy (non-hydrogen) atoms. The van der Waals surface area contributed by atoms with Crippen molar-refractivity contribution in [2.24, 2.45) is 0 Å². The van der Waals surface area contributed by atoms with Crippen LogP contribution in [0.2, 0.25) is 0 Å². The maximum absolute atomic E-state index is 12.5. The molecular weight excluding hydrogens is 328 g/mol. The lowest BCUT2D eigenvalue weighted by Gasteiger charge is -2.07. The SMILES string of the molecule is O=C(NCCCc1nc2ccccc2[nH]1)c1cc(=O)[nH]c2ccccc12. The first-order valence-electron chi connectivity index (χ1n) is 8.54. The van der Waals surface area contributed by atoms with Gasteiger partial charge in [-0.3, -0.25) is 9.59 Å². The number of para-hydroxylation sites is 3. The zero-order chi connectivity index (χ0) is 17.9. The van der Waals surface area contributed by atoms with Crippen LogP contribution in [0.25, 0.3) is 21.9 Å². The zero-order valence-corrected chi connectivity index (χ0v) is 14.1. The lowest BCUT2D eigenvalue weighted by molar-refractivity contribution is 0.0954. The van der Waals surface area contributed by atoms with Gasteiger partial charge in [-0.15, -0.1) is 0 Å². The van der Waals surface area contributed by atoms with E-state index in [0.29, 0.717) is 17.6 Å². The fourth-order valence-electron chi connectivity index (χ4n) is 3.07. The van der Waals surface area contributed by atoms with E-state index in [0.717, 1.165) is 35.1 Å². The lowest BCUT2D eigenvalue weighted by atomic mass is 10.1. The molecule has 0 unspecified atom stereocenters. The Bertz CT molecular complexity index is 1110. The van der Waals surface area contributed by atoms with Gasteiger partial charge in [-0.25, -0.2) is 4.98 Å². The van der Waals surface area contributed by atoms with E-state index < -0.39 is 0 Å². The van der Waals surface area contributed by atoms with Crippen molar-refractivity contribution < 1.29 is 4.79 Å². The number of fused-ring (bicyclic) bond motifs is 2. The van der Waals surface area contributed by atoms with E-state index in [4.69, 9.17) is 0 Å². The normalized spacial score (nSPS) is 11.1. The third kappa shape index (κ3) is 3.21. The van der Waals surface area contributed by atoms with Gasteiger partial charge < -0.3 is 15.3 Å². The summed E-state index contributed by atoms with van der Waals surface area (Å²) in [5, 5.41) is 3.63. The average molecular weight is 346 g/mol. The minimum atomic E-state index is -0.281. The van der Waals surface area contributed by atoms with Crippen molar-refractivity contribution in [1.29, 1.82) is 0 Å². The maximum Gasteiger partial charge on any atom is 0.252 e. The first-order chi connectivity index (χ1) is 12.7. The van der Waals surface area contributed by atoms with E-state index >= 15 is 0 Å². The van der Waals surface area contributed by atoms with Gasteiger partial charge in [0.05, 0.1) is 16.6 Å². The van der Waals surface area contributed by atoms with Gasteiger partial charge in [-0.1, -0.05) is 30.3 Å². The predicted molar refractivity (Wildman–Crippen MR) is 101 cm³/mol. The molecule has 1 amide bonds. The Labute approximate surface area is 149 Å². The molecule has 0 bridgehead atoms. The number of amides is 1. The molecule has 0 radical (unpaired) electrons. The number of aryl methyl sites for hydroxylation is 1. The van der Waals surface area contributed by atoms with Crippen LogP contribution in [0.15, 0.2) is 59.4 Å². The highest BCUT2D eigenvalue weighted by atomic mass is 16.2. The number of aromatic nitrogens is 3. The van der Waals surface area contributed by atoms with E-state index in [-0.39, 0.29) is 11.5 Å². The van der Waals surface area contributed by atoms with E-state index in [1.807, 2.05) is 42.5 Å². The number of aromatic amines is 2. The van der Waals surface area contributed by atoms with Gasteiger partial charge in [-0.2, -0.15) is 0 Å². The summed E-state index contributed by atoms with van der Waals surface area (Å²) < 4.78 is 0. The summed E-state index contributed by atoms with van der Waals surface area (Å²) in [6.07, 6.45) is 1.50. The number of carbonyl (C=O) groups is 1. The molecule has 2 aromatic heterocycles. The topological polar surface area (TPSA) is 90.6 Å². The summed E-state index contributed by atoms with van der Waals surface area (Å²) in [4.78, 5) is 34.8. The number of rotatable bonds is 5. The second-order valence-corrected chi connectivity index (χ2v) is 6.15. The molecule has 0 atom stereocenters. The van der Waals surface area contributed by atoms with Gasteiger partial charge in [0.25, 0.3) is 5.91 Å². The summed E-state index contributed by atoms with van der Waals surface area (Å²) in [7, 11) is 0. The minimum Gasteiger partial charge on any atom is -0.352 e. The van der Waals surface area contributed by atoms with Crippen molar-refractivity contribution in [3.8, 4) is 0 Å². The van der Waals surface area contributed by atoms with Crippen LogP contribution in [-0.2, 0) is 6.42 Å². The number of carbonyl (C=O) groups excluding carboxylic acids is 1. The highest BCUT2D eigenvalue weighted by Crippen LogP contribution is 2.14. The van der Waals surface area contributed by atoms with Crippen LogP contribution in [0.4, 0.5) is 0 Å². The molecule has 4 aromatic rings. The Morgan fingerprint density at radius 3 is 2.62 bits per heavy atom. The molecule has 130 valence electrons. The molecule has 0 aliphatic rings. The number of H-pyrrole nitrogens is 2. The molecule has 0 fully saturated rings. The number of hydrogen-bond acceptors (Lipinski definition) is 3. The molecule has 0 saturated heterocycles. The first-order valence-corrected chi connectivity index (χ1v) is 8.54. The number of nitrogens with one attached hydrogen (secondary N) is 3. The predicted octanol–water partition coefficient (Wildman–Crippen LogP) is 2.77. The van der Waals surface area contributed by atoms with Crippen LogP contribution in [-0.4, -0.2) is 27.4 Å². The van der Waals surface area contributed by atoms with Gasteiger partial charge in [0, 0.05) is 29.9 Å². The minimum absolute atomic E-state index is 0.239. The van der Waals surface area contributed by atoms with Crippen LogP contribution >= 0.6 is 0 Å². The molecule has 0 aliphatic carbocycles. The smallest absolute Gasteiger partial charge is 0.252 e. The fourth-order valence-corrected chi connectivity index (χ4v) is 3.07. The Morgan fingerprint density at radius 2 is 1.77 bits per heavy atom. The highest BCUT2D eigenvalue weighted by molar-refractivity contribution is 6.05.